The summed E-state index contributed by atoms with van der Waals surface area (Å²) in [6, 6.07) is 6.97. The van der Waals surface area contributed by atoms with E-state index in [9.17, 15) is 13.2 Å². The van der Waals surface area contributed by atoms with Gasteiger partial charge in [0.05, 0.1) is 11.9 Å². The third-order valence-electron chi connectivity index (χ3n) is 5.06. The lowest BCUT2D eigenvalue weighted by atomic mass is 9.84. The zero-order valence-electron chi connectivity index (χ0n) is 15.2. The van der Waals surface area contributed by atoms with E-state index in [0.29, 0.717) is 13.1 Å². The highest BCUT2D eigenvalue weighted by molar-refractivity contribution is 7.87. The summed E-state index contributed by atoms with van der Waals surface area (Å²) in [5.74, 6) is 0.510. The highest BCUT2D eigenvalue weighted by Gasteiger charge is 2.31. The Morgan fingerprint density at radius 3 is 2.69 bits per heavy atom. The number of carbonyl (C=O) groups is 1. The molecule has 2 fully saturated rings. The molecule has 0 unspecified atom stereocenters. The second-order valence-electron chi connectivity index (χ2n) is 7.06. The molecule has 7 heteroatoms. The fourth-order valence-corrected chi connectivity index (χ4v) is 3.82. The number of carbonyl (C=O) groups excluding carboxylic acids is 1. The maximum absolute atomic E-state index is 12.8. The van der Waals surface area contributed by atoms with E-state index in [-0.39, 0.29) is 29.4 Å². The zero-order valence-corrected chi connectivity index (χ0v) is 16.0. The summed E-state index contributed by atoms with van der Waals surface area (Å²) in [7, 11) is -3.56. The third-order valence-corrected chi connectivity index (χ3v) is 6.22. The summed E-state index contributed by atoms with van der Waals surface area (Å²) in [5, 5.41) is 0. The summed E-state index contributed by atoms with van der Waals surface area (Å²) in [6.45, 7) is 3.33. The summed E-state index contributed by atoms with van der Waals surface area (Å²) >= 11 is 0. The molecule has 1 amide bonds. The lowest BCUT2D eigenvalue weighted by molar-refractivity contribution is -0.140. The number of benzene rings is 1. The monoisotopic (exact) mass is 381 g/mol. The predicted octanol–water partition coefficient (Wildman–Crippen LogP) is 2.72. The van der Waals surface area contributed by atoms with Gasteiger partial charge in [-0.1, -0.05) is 18.6 Å². The smallest absolute Gasteiger partial charge is 0.308 e. The van der Waals surface area contributed by atoms with Crippen LogP contribution in [0.3, 0.4) is 0 Å². The van der Waals surface area contributed by atoms with E-state index in [4.69, 9.17) is 8.92 Å². The maximum Gasteiger partial charge on any atom is 0.308 e. The molecule has 1 saturated heterocycles. The average molecular weight is 381 g/mol. The number of ether oxygens (including phenoxy) is 1. The van der Waals surface area contributed by atoms with Gasteiger partial charge in [0, 0.05) is 25.6 Å². The molecule has 0 radical (unpaired) electrons. The highest BCUT2D eigenvalue weighted by Crippen LogP contribution is 2.30. The fraction of sp³-hybridized carbons (Fsp3) is 0.632. The van der Waals surface area contributed by atoms with Crippen LogP contribution in [-0.4, -0.2) is 44.2 Å². The van der Waals surface area contributed by atoms with E-state index in [1.807, 2.05) is 11.0 Å². The largest absolute Gasteiger partial charge is 0.382 e. The van der Waals surface area contributed by atoms with Crippen molar-refractivity contribution in [3.05, 3.63) is 29.8 Å². The standard InChI is InChI=1S/C19H27NO5S/c1-2-26(22,23)25-17-9-3-6-15(12-17)13-20(14-18-10-5-11-24-18)19(21)16-7-4-8-16/h3,6,9,12,16,18H,2,4-5,7-8,10-11,13-14H2,1H3/t18-/m1/s1. The van der Waals surface area contributed by atoms with Gasteiger partial charge in [0.15, 0.2) is 0 Å². The van der Waals surface area contributed by atoms with Crippen LogP contribution in [0.25, 0.3) is 0 Å². The van der Waals surface area contributed by atoms with Gasteiger partial charge in [0.25, 0.3) is 0 Å². The molecule has 1 aliphatic heterocycles. The van der Waals surface area contributed by atoms with Gasteiger partial charge in [-0.05, 0) is 50.3 Å². The normalized spacial score (nSPS) is 20.6. The third kappa shape index (κ3) is 4.98. The van der Waals surface area contributed by atoms with Crippen molar-refractivity contribution in [1.29, 1.82) is 0 Å². The molecule has 1 aromatic rings. The van der Waals surface area contributed by atoms with Crippen molar-refractivity contribution in [2.45, 2.75) is 51.7 Å². The van der Waals surface area contributed by atoms with E-state index in [1.54, 1.807) is 25.1 Å². The molecular weight excluding hydrogens is 354 g/mol. The molecule has 6 nitrogen and oxygen atoms in total. The van der Waals surface area contributed by atoms with Crippen molar-refractivity contribution >= 4 is 16.0 Å². The van der Waals surface area contributed by atoms with Gasteiger partial charge in [-0.25, -0.2) is 0 Å². The van der Waals surface area contributed by atoms with Crippen molar-refractivity contribution in [3.8, 4) is 5.75 Å². The van der Waals surface area contributed by atoms with E-state index in [1.165, 1.54) is 0 Å². The lowest BCUT2D eigenvalue weighted by Gasteiger charge is -2.33. The lowest BCUT2D eigenvalue weighted by Crippen LogP contribution is -2.42. The van der Waals surface area contributed by atoms with Crippen molar-refractivity contribution in [2.75, 3.05) is 18.9 Å². The molecule has 3 rings (SSSR count). The predicted molar refractivity (Wildman–Crippen MR) is 98.3 cm³/mol. The van der Waals surface area contributed by atoms with Crippen LogP contribution in [0.2, 0.25) is 0 Å². The van der Waals surface area contributed by atoms with E-state index in [2.05, 4.69) is 0 Å². The summed E-state index contributed by atoms with van der Waals surface area (Å²) in [6.07, 6.45) is 5.14. The van der Waals surface area contributed by atoms with Gasteiger partial charge in [-0.3, -0.25) is 4.79 Å². The number of hydrogen-bond donors (Lipinski definition) is 0. The second kappa shape index (κ2) is 8.39. The van der Waals surface area contributed by atoms with Crippen LogP contribution in [0.1, 0.15) is 44.6 Å². The molecule has 1 saturated carbocycles. The van der Waals surface area contributed by atoms with E-state index >= 15 is 0 Å². The summed E-state index contributed by atoms with van der Waals surface area (Å²) in [5.41, 5.74) is 0.861. The highest BCUT2D eigenvalue weighted by atomic mass is 32.2. The Morgan fingerprint density at radius 2 is 2.08 bits per heavy atom. The van der Waals surface area contributed by atoms with Gasteiger partial charge >= 0.3 is 10.1 Å². The first kappa shape index (κ1) is 19.2. The summed E-state index contributed by atoms with van der Waals surface area (Å²) in [4.78, 5) is 14.7. The topological polar surface area (TPSA) is 72.9 Å². The fourth-order valence-electron chi connectivity index (χ4n) is 3.30. The zero-order chi connectivity index (χ0) is 18.6. The van der Waals surface area contributed by atoms with Crippen LogP contribution in [-0.2, 0) is 26.2 Å². The minimum atomic E-state index is -3.56. The van der Waals surface area contributed by atoms with Crippen LogP contribution >= 0.6 is 0 Å². The molecule has 1 atom stereocenters. The Morgan fingerprint density at radius 1 is 1.27 bits per heavy atom. The van der Waals surface area contributed by atoms with Crippen molar-refractivity contribution in [3.63, 3.8) is 0 Å². The molecule has 1 heterocycles. The Kier molecular flexibility index (Phi) is 6.19. The molecule has 144 valence electrons. The van der Waals surface area contributed by atoms with Gasteiger partial charge in [0.1, 0.15) is 5.75 Å². The molecule has 0 N–H and O–H groups in total. The van der Waals surface area contributed by atoms with Crippen LogP contribution < -0.4 is 4.18 Å². The number of nitrogens with zero attached hydrogens (tertiary/aromatic N) is 1. The van der Waals surface area contributed by atoms with Gasteiger partial charge in [-0.2, -0.15) is 8.42 Å². The van der Waals surface area contributed by atoms with E-state index in [0.717, 1.165) is 44.3 Å². The van der Waals surface area contributed by atoms with Crippen molar-refractivity contribution in [2.24, 2.45) is 5.92 Å². The maximum atomic E-state index is 12.8. The first-order valence-corrected chi connectivity index (χ1v) is 11.0. The Labute approximate surface area is 155 Å². The van der Waals surface area contributed by atoms with E-state index < -0.39 is 10.1 Å². The quantitative estimate of drug-likeness (QED) is 0.648. The van der Waals surface area contributed by atoms with Crippen LogP contribution in [0, 0.1) is 5.92 Å². The Hall–Kier alpha value is -1.60. The average Bonchev–Trinajstić information content (AvgIpc) is 3.05. The molecule has 0 aromatic heterocycles. The molecule has 0 bridgehead atoms. The minimum Gasteiger partial charge on any atom is -0.382 e. The van der Waals surface area contributed by atoms with Crippen molar-refractivity contribution < 1.29 is 22.1 Å². The first-order chi connectivity index (χ1) is 12.5. The SMILES string of the molecule is CCS(=O)(=O)Oc1cccc(CN(C[C@H]2CCCO2)C(=O)C2CCC2)c1. The minimum absolute atomic E-state index is 0.0808. The number of rotatable bonds is 8. The summed E-state index contributed by atoms with van der Waals surface area (Å²) < 4.78 is 34.1. The van der Waals surface area contributed by atoms with Gasteiger partial charge in [-0.15, -0.1) is 0 Å². The molecule has 1 aromatic carbocycles. The van der Waals surface area contributed by atoms with Gasteiger partial charge in [0.2, 0.25) is 5.91 Å². The number of hydrogen-bond acceptors (Lipinski definition) is 5. The molecule has 1 aliphatic carbocycles. The Bertz CT molecular complexity index is 723. The molecule has 26 heavy (non-hydrogen) atoms. The van der Waals surface area contributed by atoms with Crippen LogP contribution in [0.5, 0.6) is 5.75 Å². The Balaban J connectivity index is 1.71. The first-order valence-electron chi connectivity index (χ1n) is 9.38. The number of amides is 1. The van der Waals surface area contributed by atoms with Gasteiger partial charge < -0.3 is 13.8 Å². The molecular formula is C19H27NO5S. The molecule has 2 aliphatic rings. The van der Waals surface area contributed by atoms with Crippen LogP contribution in [0.4, 0.5) is 0 Å². The van der Waals surface area contributed by atoms with Crippen LogP contribution in [0.15, 0.2) is 24.3 Å². The van der Waals surface area contributed by atoms with Crippen molar-refractivity contribution in [1.82, 2.24) is 4.90 Å². The molecule has 0 spiro atoms. The second-order valence-corrected chi connectivity index (χ2v) is 8.92.